The number of anilines is 15. The van der Waals surface area contributed by atoms with Crippen molar-refractivity contribution in [3.8, 4) is 67.1 Å². The van der Waals surface area contributed by atoms with Crippen molar-refractivity contribution < 1.29 is 4.74 Å². The van der Waals surface area contributed by atoms with Crippen molar-refractivity contribution in [3.63, 3.8) is 0 Å². The Morgan fingerprint density at radius 2 is 0.630 bits per heavy atom. The highest BCUT2D eigenvalue weighted by Crippen LogP contribution is 2.55. The van der Waals surface area contributed by atoms with Gasteiger partial charge >= 0.3 is 0 Å². The van der Waals surface area contributed by atoms with Crippen molar-refractivity contribution in [2.24, 2.45) is 0 Å². The largest absolute Gasteiger partial charge is 0.458 e. The van der Waals surface area contributed by atoms with Gasteiger partial charge in [-0.1, -0.05) is 340 Å². The van der Waals surface area contributed by atoms with Crippen LogP contribution in [0.3, 0.4) is 0 Å². The molecule has 0 amide bonds. The van der Waals surface area contributed by atoms with Crippen LogP contribution in [0.1, 0.15) is 0 Å². The normalized spacial score (nSPS) is 12.2. The summed E-state index contributed by atoms with van der Waals surface area (Å²) in [6.07, 6.45) is 0. The van der Waals surface area contributed by atoms with Crippen LogP contribution in [0.5, 0.6) is 11.5 Å². The number of ether oxygens (including phenoxy) is 1. The first kappa shape index (κ1) is 70.3. The monoisotopic (exact) mass is 1520 g/mol. The maximum atomic E-state index is 8.19. The van der Waals surface area contributed by atoms with E-state index < -0.39 is 0 Å². The molecule has 0 unspecified atom stereocenters. The van der Waals surface area contributed by atoms with E-state index in [4.69, 9.17) is 4.74 Å². The minimum Gasteiger partial charge on any atom is -0.458 e. The van der Waals surface area contributed by atoms with Crippen LogP contribution in [-0.4, -0.2) is 13.4 Å². The minimum atomic E-state index is -0.268. The highest BCUT2D eigenvalue weighted by Gasteiger charge is 2.47. The molecule has 0 radical (unpaired) electrons. The van der Waals surface area contributed by atoms with Gasteiger partial charge in [0.2, 0.25) is 6.71 Å². The van der Waals surface area contributed by atoms with Crippen LogP contribution >= 0.6 is 0 Å². The molecule has 0 saturated heterocycles. The Morgan fingerprint density at radius 3 is 1.16 bits per heavy atom. The number of para-hydroxylation sites is 8. The molecule has 22 rings (SSSR count). The first-order valence-corrected chi connectivity index (χ1v) is 41.1. The van der Waals surface area contributed by atoms with Crippen LogP contribution in [0.2, 0.25) is 6.82 Å². The zero-order valence-corrected chi connectivity index (χ0v) is 65.5. The Labute approximate surface area is 695 Å². The molecular weight excluding hydrogens is 1440 g/mol. The Balaban J connectivity index is 0.817. The summed E-state index contributed by atoms with van der Waals surface area (Å²) >= 11 is 0. The van der Waals surface area contributed by atoms with Crippen molar-refractivity contribution in [1.82, 2.24) is 0 Å². The van der Waals surface area contributed by atoms with Crippen LogP contribution in [0.15, 0.2) is 449 Å². The van der Waals surface area contributed by atoms with E-state index in [9.17, 15) is 0 Å². The van der Waals surface area contributed by atoms with Crippen LogP contribution in [0.4, 0.5) is 85.3 Å². The summed E-state index contributed by atoms with van der Waals surface area (Å²) in [7, 11) is 0. The van der Waals surface area contributed by atoms with E-state index in [1.807, 2.05) is 0 Å². The molecule has 19 aromatic carbocycles. The van der Waals surface area contributed by atoms with Crippen molar-refractivity contribution in [3.05, 3.63) is 449 Å². The predicted molar refractivity (Wildman–Crippen MR) is 504 cm³/mol. The summed E-state index contributed by atoms with van der Waals surface area (Å²) in [4.78, 5) is 12.5. The Morgan fingerprint density at radius 1 is 0.235 bits per heavy atom. The van der Waals surface area contributed by atoms with E-state index >= 15 is 0 Å². The van der Waals surface area contributed by atoms with Gasteiger partial charge in [0.1, 0.15) is 11.5 Å². The predicted octanol–water partition coefficient (Wildman–Crippen LogP) is 27.2. The molecule has 3 heterocycles. The van der Waals surface area contributed by atoms with Gasteiger partial charge in [-0.2, -0.15) is 0 Å². The lowest BCUT2D eigenvalue weighted by molar-refractivity contribution is 0.488. The number of benzene rings is 19. The topological polar surface area (TPSA) is 25.4 Å². The van der Waals surface area contributed by atoms with Crippen LogP contribution in [-0.2, 0) is 0 Å². The summed E-state index contributed by atoms with van der Waals surface area (Å²) in [6, 6.07) is 165. The highest BCUT2D eigenvalue weighted by molar-refractivity contribution is 7.01. The third-order valence-corrected chi connectivity index (χ3v) is 24.2. The molecular formula is C111H77B2N5O. The van der Waals surface area contributed by atoms with E-state index in [1.165, 1.54) is 54.6 Å². The lowest BCUT2D eigenvalue weighted by Gasteiger charge is -2.46. The number of nitrogens with zero attached hydrogens (tertiary/aromatic N) is 5. The Hall–Kier alpha value is -15.4. The number of hydrogen-bond donors (Lipinski definition) is 0. The molecule has 6 nitrogen and oxygen atoms in total. The molecule has 8 heteroatoms. The molecule has 0 aliphatic carbocycles. The summed E-state index contributed by atoms with van der Waals surface area (Å²) in [5.74, 6) is 1.54. The standard InChI is InChI=1S/C111H77B2N5O/c1-112-98-74-97-101(118(111-90(77-40-13-3-14-41-77)61-37-62-91(111)78-42-15-4-16-43-78)103-71-87(114(81-46-19-6-20-47-81)82-48-21-7-22-49-82)70-102-109(103)113(97)96-63-34-36-65-100(96)117(102)85-54-27-10-28-55-85)75-105(98)119-106-73-88(116(84-52-25-9-26-53-84)99-64-35-33-56-89(99)76-38-11-2-12-39-76)72-104(110(106)112)115(83-50-23-8-24-51-83)86-68-66-80(67-69-86)108-94-59-31-29-57-92(94)107(79-44-17-5-18-45-79)93-58-30-32-60-95(93)108/h2-75H,1H3. The summed E-state index contributed by atoms with van der Waals surface area (Å²) in [6.45, 7) is 1.89. The van der Waals surface area contributed by atoms with Crippen molar-refractivity contribution >= 4 is 148 Å². The second-order valence-corrected chi connectivity index (χ2v) is 31.0. The fraction of sp³-hybridized carbons (Fsp3) is 0.00901. The molecule has 0 aromatic heterocycles. The van der Waals surface area contributed by atoms with Gasteiger partial charge in [-0.25, -0.2) is 0 Å². The van der Waals surface area contributed by atoms with E-state index in [0.29, 0.717) is 0 Å². The first-order chi connectivity index (χ1) is 59.0. The van der Waals surface area contributed by atoms with Gasteiger partial charge in [0, 0.05) is 91.4 Å². The summed E-state index contributed by atoms with van der Waals surface area (Å²) in [5.41, 5.74) is 32.6. The van der Waals surface area contributed by atoms with Gasteiger partial charge in [0.15, 0.2) is 0 Å². The first-order valence-electron chi connectivity index (χ1n) is 41.1. The van der Waals surface area contributed by atoms with Gasteiger partial charge in [0.05, 0.1) is 22.7 Å². The zero-order valence-electron chi connectivity index (χ0n) is 65.5. The average Bonchev–Trinajstić information content (AvgIpc) is 0.684. The van der Waals surface area contributed by atoms with Gasteiger partial charge in [-0.05, 0) is 191 Å². The molecule has 0 fully saturated rings. The van der Waals surface area contributed by atoms with E-state index in [0.717, 1.165) is 147 Å². The second-order valence-electron chi connectivity index (χ2n) is 31.0. The fourth-order valence-corrected chi connectivity index (χ4v) is 19.1. The van der Waals surface area contributed by atoms with Gasteiger partial charge < -0.3 is 29.2 Å². The molecule has 558 valence electrons. The average molecular weight is 1520 g/mol. The van der Waals surface area contributed by atoms with Crippen LogP contribution < -0.4 is 56.6 Å². The number of fused-ring (bicyclic) bond motifs is 8. The zero-order chi connectivity index (χ0) is 78.9. The van der Waals surface area contributed by atoms with Crippen molar-refractivity contribution in [2.45, 2.75) is 6.82 Å². The lowest BCUT2D eigenvalue weighted by atomic mass is 9.32. The van der Waals surface area contributed by atoms with Gasteiger partial charge in [0.25, 0.3) is 6.71 Å². The molecule has 3 aliphatic heterocycles. The van der Waals surface area contributed by atoms with Crippen molar-refractivity contribution in [2.75, 3.05) is 24.5 Å². The SMILES string of the molecule is CB1c2cc3c(cc2Oc2cc(N(c4ccccc4)c4ccccc4-c4ccccc4)cc(N(c4ccccc4)c4ccc(-c5c6ccccc6c(-c6ccccc6)c6ccccc56)cc4)c21)N(c1c(-c2ccccc2)cccc1-c1ccccc1)c1cc(N(c2ccccc2)c2ccccc2)cc2c1B3c1ccccc1N2c1ccccc1. The Bertz CT molecular complexity index is 6880. The lowest BCUT2D eigenvalue weighted by Crippen LogP contribution is -2.62. The van der Waals surface area contributed by atoms with Crippen LogP contribution in [0.25, 0.3) is 77.2 Å². The van der Waals surface area contributed by atoms with E-state index in [2.05, 4.69) is 480 Å². The molecule has 3 aliphatic rings. The maximum Gasteiger partial charge on any atom is 0.252 e. The molecule has 0 atom stereocenters. The van der Waals surface area contributed by atoms with Gasteiger partial charge in [-0.3, -0.25) is 0 Å². The Kier molecular flexibility index (Phi) is 17.6. The summed E-state index contributed by atoms with van der Waals surface area (Å²) < 4.78 is 8.19. The maximum absolute atomic E-state index is 8.19. The third kappa shape index (κ3) is 12.1. The number of rotatable bonds is 16. The van der Waals surface area contributed by atoms with Crippen LogP contribution in [0, 0.1) is 0 Å². The third-order valence-electron chi connectivity index (χ3n) is 24.2. The molecule has 19 aromatic rings. The quantitative estimate of drug-likeness (QED) is 0.0706. The molecule has 0 N–H and O–H groups in total. The van der Waals surface area contributed by atoms with Crippen molar-refractivity contribution in [1.29, 1.82) is 0 Å². The summed E-state index contributed by atoms with van der Waals surface area (Å²) in [5, 5.41) is 4.84. The number of hydrogen-bond acceptors (Lipinski definition) is 6. The second kappa shape index (κ2) is 29.8. The van der Waals surface area contributed by atoms with E-state index in [1.54, 1.807) is 0 Å². The van der Waals surface area contributed by atoms with E-state index in [-0.39, 0.29) is 13.4 Å². The molecule has 119 heavy (non-hydrogen) atoms. The van der Waals surface area contributed by atoms with Gasteiger partial charge in [-0.15, -0.1) is 0 Å². The molecule has 0 spiro atoms. The smallest absolute Gasteiger partial charge is 0.252 e. The molecule has 0 saturated carbocycles. The fourth-order valence-electron chi connectivity index (χ4n) is 19.1. The minimum absolute atomic E-state index is 0.255. The highest BCUT2D eigenvalue weighted by atomic mass is 16.5. The molecule has 0 bridgehead atoms.